The highest BCUT2D eigenvalue weighted by Gasteiger charge is 2.24. The topological polar surface area (TPSA) is 73.4 Å². The van der Waals surface area contributed by atoms with Crippen molar-refractivity contribution in [2.24, 2.45) is 0 Å². The number of morpholine rings is 1. The van der Waals surface area contributed by atoms with Crippen molar-refractivity contribution in [3.05, 3.63) is 40.9 Å². The molecule has 1 aliphatic rings. The molecule has 1 fully saturated rings. The molecule has 37 heavy (non-hydrogen) atoms. The molecule has 4 rings (SSSR count). The second-order valence-corrected chi connectivity index (χ2v) is 9.60. The van der Waals surface area contributed by atoms with Gasteiger partial charge in [-0.2, -0.15) is 0 Å². The van der Waals surface area contributed by atoms with Crippen molar-refractivity contribution >= 4 is 56.6 Å². The Morgan fingerprint density at radius 3 is 2.51 bits per heavy atom. The average Bonchev–Trinajstić information content (AvgIpc) is 3.34. The van der Waals surface area contributed by atoms with Crippen LogP contribution in [0, 0.1) is 0 Å². The molecule has 8 nitrogen and oxygen atoms in total. The number of thiazole rings is 1. The van der Waals surface area contributed by atoms with Crippen LogP contribution in [0.1, 0.15) is 30.6 Å². The fourth-order valence-electron chi connectivity index (χ4n) is 4.12. The van der Waals surface area contributed by atoms with Crippen molar-refractivity contribution < 1.29 is 23.7 Å². The number of benzene rings is 2. The fraction of sp³-hybridized carbons (Fsp3) is 0.462. The first-order valence-electron chi connectivity index (χ1n) is 12.2. The monoisotopic (exact) mass is 569 g/mol. The molecule has 1 amide bonds. The van der Waals surface area contributed by atoms with Crippen LogP contribution in [0.3, 0.4) is 0 Å². The van der Waals surface area contributed by atoms with Gasteiger partial charge in [-0.1, -0.05) is 22.9 Å². The number of rotatable bonds is 11. The summed E-state index contributed by atoms with van der Waals surface area (Å²) in [5, 5.41) is 1.16. The summed E-state index contributed by atoms with van der Waals surface area (Å²) < 4.78 is 23.2. The van der Waals surface area contributed by atoms with Gasteiger partial charge < -0.3 is 18.9 Å². The van der Waals surface area contributed by atoms with Gasteiger partial charge in [-0.15, -0.1) is 12.4 Å². The fourth-order valence-corrected chi connectivity index (χ4v) is 5.40. The predicted molar refractivity (Wildman–Crippen MR) is 151 cm³/mol. The summed E-state index contributed by atoms with van der Waals surface area (Å²) in [6.07, 6.45) is 0.794. The smallest absolute Gasteiger partial charge is 0.260 e. The third-order valence-electron chi connectivity index (χ3n) is 5.89. The second kappa shape index (κ2) is 14.0. The number of halogens is 2. The van der Waals surface area contributed by atoms with Crippen molar-refractivity contribution in [2.45, 2.75) is 20.3 Å². The molecule has 3 aromatic rings. The molecule has 11 heteroatoms. The Kier molecular flexibility index (Phi) is 11.1. The van der Waals surface area contributed by atoms with E-state index >= 15 is 0 Å². The molecule has 202 valence electrons. The van der Waals surface area contributed by atoms with E-state index in [9.17, 15) is 4.79 Å². The van der Waals surface area contributed by atoms with E-state index in [0.717, 1.165) is 44.0 Å². The number of methoxy groups -OCH3 is 1. The van der Waals surface area contributed by atoms with Gasteiger partial charge in [0.2, 0.25) is 0 Å². The zero-order valence-corrected chi connectivity index (χ0v) is 23.7. The molecule has 0 saturated carbocycles. The van der Waals surface area contributed by atoms with Crippen LogP contribution < -0.4 is 19.1 Å². The lowest BCUT2D eigenvalue weighted by Gasteiger charge is -2.27. The van der Waals surface area contributed by atoms with E-state index in [1.807, 2.05) is 13.8 Å². The van der Waals surface area contributed by atoms with Gasteiger partial charge in [-0.3, -0.25) is 14.6 Å². The second-order valence-electron chi connectivity index (χ2n) is 8.22. The Labute approximate surface area is 232 Å². The standard InChI is InChI=1S/C26H32ClN3O5S.ClH/c1-4-34-20-9-7-18(17-22(20)35-5-2)25(31)30(12-6-11-29-13-15-33-16-14-29)26-28-23-21(32-3)10-8-19(27)24(23)36-26;/h7-10,17H,4-6,11-16H2,1-3H3;1H. The van der Waals surface area contributed by atoms with Gasteiger partial charge in [0.15, 0.2) is 16.6 Å². The highest BCUT2D eigenvalue weighted by molar-refractivity contribution is 7.23. The maximum absolute atomic E-state index is 13.9. The van der Waals surface area contributed by atoms with Gasteiger partial charge in [-0.25, -0.2) is 4.98 Å². The van der Waals surface area contributed by atoms with E-state index < -0.39 is 0 Å². The van der Waals surface area contributed by atoms with Gasteiger partial charge >= 0.3 is 0 Å². The van der Waals surface area contributed by atoms with Gasteiger partial charge in [0.1, 0.15) is 11.3 Å². The molecule has 1 aromatic heterocycles. The lowest BCUT2D eigenvalue weighted by molar-refractivity contribution is 0.0376. The normalized spacial score (nSPS) is 13.7. The number of fused-ring (bicyclic) bond motifs is 1. The summed E-state index contributed by atoms with van der Waals surface area (Å²) in [5.41, 5.74) is 1.16. The summed E-state index contributed by atoms with van der Waals surface area (Å²) in [6.45, 7) is 9.46. The van der Waals surface area contributed by atoms with Crippen LogP contribution in [-0.2, 0) is 4.74 Å². The highest BCUT2D eigenvalue weighted by atomic mass is 35.5. The minimum absolute atomic E-state index is 0. The Balaban J connectivity index is 0.00000380. The summed E-state index contributed by atoms with van der Waals surface area (Å²) in [4.78, 5) is 22.7. The number of carbonyl (C=O) groups is 1. The summed E-state index contributed by atoms with van der Waals surface area (Å²) >= 11 is 7.86. The molecule has 0 bridgehead atoms. The first-order chi connectivity index (χ1) is 17.5. The van der Waals surface area contributed by atoms with Gasteiger partial charge in [0, 0.05) is 31.7 Å². The van der Waals surface area contributed by atoms with E-state index in [2.05, 4.69) is 4.90 Å². The number of aromatic nitrogens is 1. The minimum Gasteiger partial charge on any atom is -0.494 e. The largest absolute Gasteiger partial charge is 0.494 e. The zero-order chi connectivity index (χ0) is 25.5. The lowest BCUT2D eigenvalue weighted by atomic mass is 10.1. The van der Waals surface area contributed by atoms with Crippen LogP contribution in [0.25, 0.3) is 10.2 Å². The quantitative estimate of drug-likeness (QED) is 0.300. The Bertz CT molecular complexity index is 1190. The van der Waals surface area contributed by atoms with Crippen LogP contribution in [0.15, 0.2) is 30.3 Å². The molecule has 0 unspecified atom stereocenters. The van der Waals surface area contributed by atoms with Crippen molar-refractivity contribution in [1.29, 1.82) is 0 Å². The number of anilines is 1. The third kappa shape index (κ3) is 6.97. The van der Waals surface area contributed by atoms with E-state index in [1.165, 1.54) is 11.3 Å². The average molecular weight is 571 g/mol. The molecule has 0 spiro atoms. The van der Waals surface area contributed by atoms with Crippen molar-refractivity contribution in [1.82, 2.24) is 9.88 Å². The van der Waals surface area contributed by atoms with Gasteiger partial charge in [0.05, 0.1) is 43.3 Å². The van der Waals surface area contributed by atoms with E-state index in [0.29, 0.717) is 58.2 Å². The highest BCUT2D eigenvalue weighted by Crippen LogP contribution is 2.39. The number of carbonyl (C=O) groups excluding carboxylic acids is 1. The zero-order valence-electron chi connectivity index (χ0n) is 21.3. The molecule has 0 atom stereocenters. The summed E-state index contributed by atoms with van der Waals surface area (Å²) in [5.74, 6) is 1.63. The van der Waals surface area contributed by atoms with Crippen LogP contribution in [0.4, 0.5) is 5.13 Å². The predicted octanol–water partition coefficient (Wildman–Crippen LogP) is 5.55. The maximum Gasteiger partial charge on any atom is 0.260 e. The van der Waals surface area contributed by atoms with E-state index in [-0.39, 0.29) is 18.3 Å². The Morgan fingerprint density at radius 1 is 1.11 bits per heavy atom. The van der Waals surface area contributed by atoms with Gasteiger partial charge in [0.25, 0.3) is 5.91 Å². The van der Waals surface area contributed by atoms with Crippen molar-refractivity contribution in [3.8, 4) is 17.2 Å². The lowest BCUT2D eigenvalue weighted by Crippen LogP contribution is -2.39. The molecule has 2 heterocycles. The molecule has 1 saturated heterocycles. The van der Waals surface area contributed by atoms with Crippen molar-refractivity contribution in [3.63, 3.8) is 0 Å². The van der Waals surface area contributed by atoms with Crippen LogP contribution >= 0.6 is 35.3 Å². The number of nitrogens with zero attached hydrogens (tertiary/aromatic N) is 3. The van der Waals surface area contributed by atoms with Crippen molar-refractivity contribution in [2.75, 3.05) is 64.6 Å². The third-order valence-corrected chi connectivity index (χ3v) is 7.43. The summed E-state index contributed by atoms with van der Waals surface area (Å²) in [7, 11) is 1.60. The Morgan fingerprint density at radius 2 is 1.81 bits per heavy atom. The molecular weight excluding hydrogens is 537 g/mol. The maximum atomic E-state index is 13.9. The molecule has 1 aliphatic heterocycles. The number of amides is 1. The molecule has 0 aliphatic carbocycles. The SMILES string of the molecule is CCOc1ccc(C(=O)N(CCCN2CCOCC2)c2nc3c(OC)ccc(Cl)c3s2)cc1OCC.Cl. The van der Waals surface area contributed by atoms with Crippen LogP contribution in [0.2, 0.25) is 5.02 Å². The van der Waals surface area contributed by atoms with E-state index in [4.69, 9.17) is 35.5 Å². The minimum atomic E-state index is -0.157. The van der Waals surface area contributed by atoms with Gasteiger partial charge in [-0.05, 0) is 50.6 Å². The van der Waals surface area contributed by atoms with Crippen LogP contribution in [-0.4, -0.2) is 75.5 Å². The number of hydrogen-bond acceptors (Lipinski definition) is 8. The number of ether oxygens (including phenoxy) is 4. The molecule has 2 aromatic carbocycles. The van der Waals surface area contributed by atoms with E-state index in [1.54, 1.807) is 42.3 Å². The van der Waals surface area contributed by atoms with Crippen LogP contribution in [0.5, 0.6) is 17.2 Å². The summed E-state index contributed by atoms with van der Waals surface area (Å²) in [6, 6.07) is 8.87. The molecule has 0 N–H and O–H groups in total. The first-order valence-corrected chi connectivity index (χ1v) is 13.4. The molecular formula is C26H33Cl2N3O5S. The number of hydrogen-bond donors (Lipinski definition) is 0. The Hall–Kier alpha value is -2.30. The molecule has 0 radical (unpaired) electrons. The first kappa shape index (κ1) is 29.3.